The minimum absolute atomic E-state index is 0.0916. The van der Waals surface area contributed by atoms with Crippen LogP contribution in [0.2, 0.25) is 0 Å². The lowest BCUT2D eigenvalue weighted by Gasteiger charge is -2.32. The number of amides is 1. The molecule has 0 aliphatic carbocycles. The number of rotatable bonds is 6. The Labute approximate surface area is 179 Å². The van der Waals surface area contributed by atoms with E-state index >= 15 is 0 Å². The molecule has 0 saturated carbocycles. The van der Waals surface area contributed by atoms with Crippen molar-refractivity contribution in [3.63, 3.8) is 0 Å². The van der Waals surface area contributed by atoms with Gasteiger partial charge in [-0.15, -0.1) is 0 Å². The van der Waals surface area contributed by atoms with E-state index in [1.54, 1.807) is 0 Å². The zero-order chi connectivity index (χ0) is 21.1. The number of aromatic nitrogens is 2. The highest BCUT2D eigenvalue weighted by atomic mass is 16.2. The van der Waals surface area contributed by atoms with Gasteiger partial charge in [0.05, 0.1) is 17.6 Å². The highest BCUT2D eigenvalue weighted by Gasteiger charge is 2.22. The van der Waals surface area contributed by atoms with Crippen LogP contribution >= 0.6 is 0 Å². The molecule has 0 radical (unpaired) electrons. The summed E-state index contributed by atoms with van der Waals surface area (Å²) in [6.45, 7) is 9.70. The lowest BCUT2D eigenvalue weighted by atomic mass is 9.96. The van der Waals surface area contributed by atoms with Crippen LogP contribution in [0.4, 0.5) is 5.69 Å². The summed E-state index contributed by atoms with van der Waals surface area (Å²) in [5.74, 6) is 1.81. The van der Waals surface area contributed by atoms with Crippen LogP contribution < -0.4 is 5.32 Å². The Bertz CT molecular complexity index is 1030. The Kier molecular flexibility index (Phi) is 6.18. The molecule has 1 aliphatic heterocycles. The van der Waals surface area contributed by atoms with Crippen molar-refractivity contribution >= 4 is 22.6 Å². The van der Waals surface area contributed by atoms with Gasteiger partial charge in [-0.05, 0) is 75.4 Å². The molecular weight excluding hydrogens is 372 g/mol. The van der Waals surface area contributed by atoms with Gasteiger partial charge in [-0.25, -0.2) is 4.98 Å². The second kappa shape index (κ2) is 9.00. The zero-order valence-electron chi connectivity index (χ0n) is 18.3. The topological polar surface area (TPSA) is 50.2 Å². The highest BCUT2D eigenvalue weighted by Crippen LogP contribution is 2.24. The average molecular weight is 405 g/mol. The molecule has 158 valence electrons. The van der Waals surface area contributed by atoms with Gasteiger partial charge in [0.2, 0.25) is 5.91 Å². The summed E-state index contributed by atoms with van der Waals surface area (Å²) in [4.78, 5) is 19.6. The molecular formula is C25H32N4O. The van der Waals surface area contributed by atoms with E-state index < -0.39 is 0 Å². The molecule has 2 aromatic carbocycles. The second-order valence-electron chi connectivity index (χ2n) is 8.49. The summed E-state index contributed by atoms with van der Waals surface area (Å²) in [5.41, 5.74) is 5.62. The van der Waals surface area contributed by atoms with Crippen LogP contribution in [-0.4, -0.2) is 40.0 Å². The minimum Gasteiger partial charge on any atom is -0.328 e. The van der Waals surface area contributed by atoms with E-state index in [-0.39, 0.29) is 5.91 Å². The van der Waals surface area contributed by atoms with Gasteiger partial charge in [0.15, 0.2) is 0 Å². The van der Waals surface area contributed by atoms with Crippen LogP contribution in [0.3, 0.4) is 0 Å². The van der Waals surface area contributed by atoms with E-state index in [1.165, 1.54) is 11.1 Å². The first kappa shape index (κ1) is 20.6. The molecule has 4 rings (SSSR count). The Morgan fingerprint density at radius 1 is 1.10 bits per heavy atom. The third-order valence-electron chi connectivity index (χ3n) is 6.36. The Balaban J connectivity index is 1.32. The van der Waals surface area contributed by atoms with Crippen molar-refractivity contribution < 1.29 is 4.79 Å². The Morgan fingerprint density at radius 2 is 1.87 bits per heavy atom. The molecule has 1 amide bonds. The summed E-state index contributed by atoms with van der Waals surface area (Å²) in [7, 11) is 0. The SMILES string of the molecule is CCc1cccc(C)c1NC(=O)CN1CCC(Cn2c(C)nc3ccccc32)CC1. The summed E-state index contributed by atoms with van der Waals surface area (Å²) >= 11 is 0. The quantitative estimate of drug-likeness (QED) is 0.655. The molecule has 1 saturated heterocycles. The van der Waals surface area contributed by atoms with Crippen LogP contribution in [0.1, 0.15) is 36.7 Å². The number of anilines is 1. The number of hydrogen-bond donors (Lipinski definition) is 1. The highest BCUT2D eigenvalue weighted by molar-refractivity contribution is 5.93. The summed E-state index contributed by atoms with van der Waals surface area (Å²) in [6, 6.07) is 14.6. The van der Waals surface area contributed by atoms with Crippen molar-refractivity contribution in [3.8, 4) is 0 Å². The van der Waals surface area contributed by atoms with E-state index in [9.17, 15) is 4.79 Å². The summed E-state index contributed by atoms with van der Waals surface area (Å²) in [6.07, 6.45) is 3.15. The number of hydrogen-bond acceptors (Lipinski definition) is 3. The van der Waals surface area contributed by atoms with Crippen molar-refractivity contribution in [2.24, 2.45) is 5.92 Å². The first-order valence-electron chi connectivity index (χ1n) is 11.1. The molecule has 0 spiro atoms. The number of likely N-dealkylation sites (tertiary alicyclic amines) is 1. The molecule has 5 heteroatoms. The maximum absolute atomic E-state index is 12.7. The maximum atomic E-state index is 12.7. The number of carbonyl (C=O) groups excluding carboxylic acids is 1. The van der Waals surface area contributed by atoms with Gasteiger partial charge in [0.25, 0.3) is 0 Å². The van der Waals surface area contributed by atoms with Crippen molar-refractivity contribution in [1.82, 2.24) is 14.5 Å². The number of carbonyl (C=O) groups is 1. The molecule has 0 unspecified atom stereocenters. The number of nitrogens with zero attached hydrogens (tertiary/aromatic N) is 3. The number of aryl methyl sites for hydroxylation is 3. The van der Waals surface area contributed by atoms with E-state index in [0.717, 1.165) is 61.5 Å². The summed E-state index contributed by atoms with van der Waals surface area (Å²) < 4.78 is 2.35. The number of para-hydroxylation sites is 3. The smallest absolute Gasteiger partial charge is 0.238 e. The zero-order valence-corrected chi connectivity index (χ0v) is 18.3. The monoisotopic (exact) mass is 404 g/mol. The summed E-state index contributed by atoms with van der Waals surface area (Å²) in [5, 5.41) is 3.16. The fraction of sp³-hybridized carbons (Fsp3) is 0.440. The van der Waals surface area contributed by atoms with Gasteiger partial charge in [-0.1, -0.05) is 37.3 Å². The van der Waals surface area contributed by atoms with Crippen LogP contribution in [0.15, 0.2) is 42.5 Å². The van der Waals surface area contributed by atoms with Crippen LogP contribution in [0.5, 0.6) is 0 Å². The lowest BCUT2D eigenvalue weighted by Crippen LogP contribution is -2.40. The van der Waals surface area contributed by atoms with Crippen molar-refractivity contribution in [3.05, 3.63) is 59.4 Å². The number of imidazole rings is 1. The van der Waals surface area contributed by atoms with Gasteiger partial charge in [0, 0.05) is 12.2 Å². The molecule has 1 aromatic heterocycles. The Morgan fingerprint density at radius 3 is 2.63 bits per heavy atom. The molecule has 2 heterocycles. The van der Waals surface area contributed by atoms with Crippen molar-refractivity contribution in [1.29, 1.82) is 0 Å². The van der Waals surface area contributed by atoms with Gasteiger partial charge >= 0.3 is 0 Å². The molecule has 1 N–H and O–H groups in total. The van der Waals surface area contributed by atoms with Gasteiger partial charge in [0.1, 0.15) is 5.82 Å². The lowest BCUT2D eigenvalue weighted by molar-refractivity contribution is -0.117. The first-order chi connectivity index (χ1) is 14.5. The first-order valence-corrected chi connectivity index (χ1v) is 11.1. The molecule has 0 bridgehead atoms. The molecule has 0 atom stereocenters. The fourth-order valence-electron chi connectivity index (χ4n) is 4.60. The predicted molar refractivity (Wildman–Crippen MR) is 123 cm³/mol. The third kappa shape index (κ3) is 4.41. The number of piperidine rings is 1. The molecule has 5 nitrogen and oxygen atoms in total. The number of fused-ring (bicyclic) bond motifs is 1. The van der Waals surface area contributed by atoms with Gasteiger partial charge in [-0.3, -0.25) is 9.69 Å². The molecule has 3 aromatic rings. The van der Waals surface area contributed by atoms with E-state index in [4.69, 9.17) is 4.98 Å². The average Bonchev–Trinajstić information content (AvgIpc) is 3.06. The molecule has 1 fully saturated rings. The second-order valence-corrected chi connectivity index (χ2v) is 8.49. The van der Waals surface area contributed by atoms with Crippen molar-refractivity contribution in [2.75, 3.05) is 25.0 Å². The van der Waals surface area contributed by atoms with Crippen LogP contribution in [0, 0.1) is 19.8 Å². The Hall–Kier alpha value is -2.66. The number of nitrogens with one attached hydrogen (secondary N) is 1. The van der Waals surface area contributed by atoms with Crippen molar-refractivity contribution in [2.45, 2.75) is 46.6 Å². The van der Waals surface area contributed by atoms with Gasteiger partial charge < -0.3 is 9.88 Å². The normalized spacial score (nSPS) is 15.6. The van der Waals surface area contributed by atoms with Gasteiger partial charge in [-0.2, -0.15) is 0 Å². The molecule has 1 aliphatic rings. The molecule has 30 heavy (non-hydrogen) atoms. The maximum Gasteiger partial charge on any atom is 0.238 e. The largest absolute Gasteiger partial charge is 0.328 e. The third-order valence-corrected chi connectivity index (χ3v) is 6.36. The van der Waals surface area contributed by atoms with E-state index in [2.05, 4.69) is 72.0 Å². The number of benzene rings is 2. The predicted octanol–water partition coefficient (Wildman–Crippen LogP) is 4.57. The van der Waals surface area contributed by atoms with E-state index in [0.29, 0.717) is 12.5 Å². The van der Waals surface area contributed by atoms with E-state index in [1.807, 2.05) is 6.07 Å². The van der Waals surface area contributed by atoms with Crippen LogP contribution in [0.25, 0.3) is 11.0 Å². The standard InChI is InChI=1S/C25H32N4O/c1-4-21-9-7-8-18(2)25(21)27-24(30)17-28-14-12-20(13-15-28)16-29-19(3)26-22-10-5-6-11-23(22)29/h5-11,20H,4,12-17H2,1-3H3,(H,27,30). The fourth-order valence-corrected chi connectivity index (χ4v) is 4.60. The minimum atomic E-state index is 0.0916. The van der Waals surface area contributed by atoms with Crippen LogP contribution in [-0.2, 0) is 17.8 Å².